The number of hydrogen-bond donors (Lipinski definition) is 0. The highest BCUT2D eigenvalue weighted by molar-refractivity contribution is 9.10. The molecule has 27 heavy (non-hydrogen) atoms. The molecule has 0 aliphatic carbocycles. The minimum atomic E-state index is 0.298. The quantitative estimate of drug-likeness (QED) is 0.236. The summed E-state index contributed by atoms with van der Waals surface area (Å²) in [4.78, 5) is 11.1. The Kier molecular flexibility index (Phi) is 5.50. The molecular weight excluding hydrogens is 469 g/mol. The predicted molar refractivity (Wildman–Crippen MR) is 115 cm³/mol. The third kappa shape index (κ3) is 4.04. The van der Waals surface area contributed by atoms with Crippen molar-refractivity contribution in [3.8, 4) is 11.3 Å². The van der Waals surface area contributed by atoms with E-state index in [1.807, 2.05) is 46.3 Å². The first-order valence-corrected chi connectivity index (χ1v) is 10.4. The highest BCUT2D eigenvalue weighted by atomic mass is 79.9. The fraction of sp³-hybridized carbons (Fsp3) is 0.0526. The lowest BCUT2D eigenvalue weighted by Crippen LogP contribution is -1.93. The summed E-state index contributed by atoms with van der Waals surface area (Å²) < 4.78 is 3.01. The summed E-state index contributed by atoms with van der Waals surface area (Å²) in [5.41, 5.74) is 3.63. The number of aromatic nitrogens is 2. The lowest BCUT2D eigenvalue weighted by Gasteiger charge is -2.03. The van der Waals surface area contributed by atoms with Crippen molar-refractivity contribution >= 4 is 61.6 Å². The van der Waals surface area contributed by atoms with E-state index in [0.717, 1.165) is 31.9 Å². The minimum absolute atomic E-state index is 0.298. The van der Waals surface area contributed by atoms with E-state index in [0.29, 0.717) is 16.7 Å². The van der Waals surface area contributed by atoms with Gasteiger partial charge >= 0.3 is 0 Å². The van der Waals surface area contributed by atoms with Crippen LogP contribution in [-0.2, 0) is 11.4 Å². The summed E-state index contributed by atoms with van der Waals surface area (Å²) in [6.45, 7) is 0.298. The number of rotatable bonds is 5. The number of imidazole rings is 1. The third-order valence-electron chi connectivity index (χ3n) is 3.88. The van der Waals surface area contributed by atoms with Crippen LogP contribution in [0.3, 0.4) is 0 Å². The molecule has 0 saturated carbocycles. The Labute approximate surface area is 178 Å². The molecule has 0 unspecified atom stereocenters. The van der Waals surface area contributed by atoms with Gasteiger partial charge in [0.15, 0.2) is 4.96 Å². The van der Waals surface area contributed by atoms with Crippen LogP contribution in [0.5, 0.6) is 0 Å². The Morgan fingerprint density at radius 3 is 2.74 bits per heavy atom. The number of hydrogen-bond acceptors (Lipinski definition) is 4. The molecule has 0 bridgehead atoms. The van der Waals surface area contributed by atoms with E-state index < -0.39 is 0 Å². The first-order chi connectivity index (χ1) is 13.1. The van der Waals surface area contributed by atoms with Crippen molar-refractivity contribution < 1.29 is 4.84 Å². The summed E-state index contributed by atoms with van der Waals surface area (Å²) in [5.74, 6) is 0. The summed E-state index contributed by atoms with van der Waals surface area (Å²) in [7, 11) is 0. The lowest BCUT2D eigenvalue weighted by molar-refractivity contribution is 0.132. The Morgan fingerprint density at radius 2 is 1.96 bits per heavy atom. The third-order valence-corrected chi connectivity index (χ3v) is 5.91. The van der Waals surface area contributed by atoms with Crippen LogP contribution in [0.2, 0.25) is 10.0 Å². The van der Waals surface area contributed by atoms with Crippen molar-refractivity contribution in [3.63, 3.8) is 0 Å². The molecule has 0 aliphatic rings. The van der Waals surface area contributed by atoms with E-state index >= 15 is 0 Å². The Balaban J connectivity index is 1.58. The molecule has 0 radical (unpaired) electrons. The van der Waals surface area contributed by atoms with Gasteiger partial charge in [0.1, 0.15) is 6.61 Å². The molecule has 4 rings (SSSR count). The van der Waals surface area contributed by atoms with Gasteiger partial charge in [0.05, 0.1) is 27.6 Å². The molecule has 4 nitrogen and oxygen atoms in total. The highest BCUT2D eigenvalue weighted by Gasteiger charge is 2.13. The number of benzene rings is 2. The molecule has 2 aromatic heterocycles. The monoisotopic (exact) mass is 479 g/mol. The van der Waals surface area contributed by atoms with Gasteiger partial charge in [-0.3, -0.25) is 4.40 Å². The average molecular weight is 481 g/mol. The summed E-state index contributed by atoms with van der Waals surface area (Å²) in [6, 6.07) is 13.4. The fourth-order valence-corrected chi connectivity index (χ4v) is 3.88. The van der Waals surface area contributed by atoms with Crippen molar-refractivity contribution in [2.45, 2.75) is 6.61 Å². The summed E-state index contributed by atoms with van der Waals surface area (Å²) in [6.07, 6.45) is 3.65. The number of halogens is 3. The highest BCUT2D eigenvalue weighted by Crippen LogP contribution is 2.27. The van der Waals surface area contributed by atoms with Crippen LogP contribution in [0.15, 0.2) is 63.7 Å². The molecule has 0 saturated heterocycles. The van der Waals surface area contributed by atoms with Crippen molar-refractivity contribution in [1.29, 1.82) is 0 Å². The largest absolute Gasteiger partial charge is 0.391 e. The van der Waals surface area contributed by atoms with Gasteiger partial charge in [0.25, 0.3) is 0 Å². The van der Waals surface area contributed by atoms with Crippen LogP contribution < -0.4 is 0 Å². The molecule has 4 aromatic rings. The van der Waals surface area contributed by atoms with Crippen molar-refractivity contribution in [1.82, 2.24) is 9.38 Å². The second-order valence-electron chi connectivity index (χ2n) is 5.66. The van der Waals surface area contributed by atoms with E-state index in [9.17, 15) is 0 Å². The summed E-state index contributed by atoms with van der Waals surface area (Å²) >= 11 is 17.0. The molecular formula is C19H12BrCl2N3OS. The lowest BCUT2D eigenvalue weighted by atomic mass is 10.1. The van der Waals surface area contributed by atoms with Gasteiger partial charge in [-0.25, -0.2) is 4.98 Å². The summed E-state index contributed by atoms with van der Waals surface area (Å²) in [5, 5.41) is 7.13. The van der Waals surface area contributed by atoms with Crippen LogP contribution >= 0.6 is 50.5 Å². The Hall–Kier alpha value is -1.86. The molecule has 0 amide bonds. The standard InChI is InChI=1S/C19H12BrCl2N3OS/c20-14-4-2-13(3-5-14)18-17(25-7-8-27-19(25)24-18)10-23-26-11-12-1-6-15(21)16(22)9-12/h1-10H,11H2/b23-10+. The molecule has 0 N–H and O–H groups in total. The van der Waals surface area contributed by atoms with Crippen molar-refractivity contribution in [2.24, 2.45) is 5.16 Å². The molecule has 8 heteroatoms. The normalized spacial score (nSPS) is 11.5. The first-order valence-electron chi connectivity index (χ1n) is 7.92. The van der Waals surface area contributed by atoms with E-state index in [1.165, 1.54) is 0 Å². The zero-order valence-electron chi connectivity index (χ0n) is 13.8. The van der Waals surface area contributed by atoms with Gasteiger partial charge in [0.2, 0.25) is 0 Å². The second kappa shape index (κ2) is 8.02. The molecule has 0 aliphatic heterocycles. The topological polar surface area (TPSA) is 38.9 Å². The van der Waals surface area contributed by atoms with Gasteiger partial charge in [-0.05, 0) is 29.8 Å². The van der Waals surface area contributed by atoms with Gasteiger partial charge in [-0.15, -0.1) is 11.3 Å². The number of oxime groups is 1. The first kappa shape index (κ1) is 18.5. The zero-order valence-corrected chi connectivity index (χ0v) is 17.7. The van der Waals surface area contributed by atoms with Crippen LogP contribution in [-0.4, -0.2) is 15.6 Å². The molecule has 0 atom stereocenters. The molecule has 2 aromatic carbocycles. The minimum Gasteiger partial charge on any atom is -0.391 e. The van der Waals surface area contributed by atoms with Crippen molar-refractivity contribution in [3.05, 3.63) is 79.8 Å². The van der Waals surface area contributed by atoms with Crippen LogP contribution in [0.25, 0.3) is 16.2 Å². The SMILES string of the molecule is Clc1ccc(CO/N=C/c2c(-c3ccc(Br)cc3)nc3sccn23)cc1Cl. The number of nitrogens with zero attached hydrogens (tertiary/aromatic N) is 3. The van der Waals surface area contributed by atoms with E-state index in [-0.39, 0.29) is 0 Å². The van der Waals surface area contributed by atoms with Gasteiger partial charge in [-0.2, -0.15) is 0 Å². The molecule has 0 fully saturated rings. The maximum Gasteiger partial charge on any atom is 0.194 e. The fourth-order valence-electron chi connectivity index (χ4n) is 2.58. The Morgan fingerprint density at radius 1 is 1.15 bits per heavy atom. The van der Waals surface area contributed by atoms with E-state index in [2.05, 4.69) is 21.1 Å². The van der Waals surface area contributed by atoms with E-state index in [1.54, 1.807) is 29.7 Å². The maximum atomic E-state index is 6.02. The second-order valence-corrected chi connectivity index (χ2v) is 8.27. The molecule has 0 spiro atoms. The molecule has 136 valence electrons. The van der Waals surface area contributed by atoms with E-state index in [4.69, 9.17) is 33.0 Å². The maximum absolute atomic E-state index is 6.02. The Bertz CT molecular complexity index is 1120. The zero-order chi connectivity index (χ0) is 18.8. The molecule has 2 heterocycles. The number of fused-ring (bicyclic) bond motifs is 1. The van der Waals surface area contributed by atoms with Crippen molar-refractivity contribution in [2.75, 3.05) is 0 Å². The average Bonchev–Trinajstić information content (AvgIpc) is 3.24. The van der Waals surface area contributed by atoms with Crippen LogP contribution in [0.4, 0.5) is 0 Å². The van der Waals surface area contributed by atoms with Crippen LogP contribution in [0, 0.1) is 0 Å². The van der Waals surface area contributed by atoms with Gasteiger partial charge < -0.3 is 4.84 Å². The predicted octanol–water partition coefficient (Wildman–Crippen LogP) is 6.68. The van der Waals surface area contributed by atoms with Gasteiger partial charge in [-0.1, -0.05) is 62.5 Å². The smallest absolute Gasteiger partial charge is 0.194 e. The van der Waals surface area contributed by atoms with Gasteiger partial charge in [0, 0.05) is 21.6 Å². The van der Waals surface area contributed by atoms with Crippen LogP contribution in [0.1, 0.15) is 11.3 Å². The number of thiazole rings is 1.